The monoisotopic (exact) mass is 273 g/mol. The van der Waals surface area contributed by atoms with Crippen molar-refractivity contribution in [2.75, 3.05) is 0 Å². The van der Waals surface area contributed by atoms with Gasteiger partial charge in [0.25, 0.3) is 0 Å². The molecule has 0 aliphatic carbocycles. The predicted molar refractivity (Wildman–Crippen MR) is 57.9 cm³/mol. The zero-order valence-corrected chi connectivity index (χ0v) is 9.69. The number of benzene rings is 1. The Hall–Kier alpha value is -1.01. The highest BCUT2D eigenvalue weighted by atomic mass is 35.5. The van der Waals surface area contributed by atoms with Gasteiger partial charge in [0.05, 0.1) is 0 Å². The molecule has 0 radical (unpaired) electrons. The second-order valence-corrected chi connectivity index (χ2v) is 3.29. The summed E-state index contributed by atoms with van der Waals surface area (Å²) in [6.07, 6.45) is -8.39. The van der Waals surface area contributed by atoms with Crippen molar-refractivity contribution in [2.24, 2.45) is 5.73 Å². The van der Waals surface area contributed by atoms with E-state index >= 15 is 0 Å². The van der Waals surface area contributed by atoms with Crippen molar-refractivity contribution in [3.8, 4) is 5.75 Å². The molecule has 2 N–H and O–H groups in total. The smallest absolute Gasteiger partial charge is 0.428 e. The molecule has 0 amide bonds. The van der Waals surface area contributed by atoms with E-state index in [0.717, 1.165) is 0 Å². The van der Waals surface area contributed by atoms with E-state index in [1.54, 1.807) is 13.0 Å². The third-order valence-corrected chi connectivity index (χ3v) is 1.91. The van der Waals surface area contributed by atoms with Crippen LogP contribution in [0.2, 0.25) is 0 Å². The SMILES string of the molecule is C[C@@H](N)c1ccccc1OC(F)(F)C(F)F.Cl. The minimum Gasteiger partial charge on any atom is -0.428 e. The maximum Gasteiger partial charge on any atom is 0.461 e. The van der Waals surface area contributed by atoms with Gasteiger partial charge < -0.3 is 10.5 Å². The van der Waals surface area contributed by atoms with Crippen LogP contribution in [0.1, 0.15) is 18.5 Å². The number of halogens is 5. The van der Waals surface area contributed by atoms with Gasteiger partial charge in [-0.05, 0) is 13.0 Å². The van der Waals surface area contributed by atoms with E-state index in [4.69, 9.17) is 5.73 Å². The lowest BCUT2D eigenvalue weighted by atomic mass is 10.1. The first-order chi connectivity index (χ1) is 7.34. The molecule has 1 atom stereocenters. The average Bonchev–Trinajstić information content (AvgIpc) is 2.17. The van der Waals surface area contributed by atoms with Gasteiger partial charge in [-0.25, -0.2) is 0 Å². The van der Waals surface area contributed by atoms with E-state index in [-0.39, 0.29) is 23.7 Å². The minimum atomic E-state index is -4.51. The summed E-state index contributed by atoms with van der Waals surface area (Å²) in [5.74, 6) is -0.331. The Morgan fingerprint density at radius 3 is 2.24 bits per heavy atom. The Balaban J connectivity index is 0.00000256. The standard InChI is InChI=1S/C10H11F4NO.ClH/c1-6(15)7-4-2-3-5-8(7)16-10(13,14)9(11)12;/h2-6,9H,15H2,1H3;1H/t6-;/m1./s1. The molecule has 0 saturated heterocycles. The molecule has 0 saturated carbocycles. The van der Waals surface area contributed by atoms with Gasteiger partial charge in [-0.2, -0.15) is 17.6 Å². The van der Waals surface area contributed by atoms with Crippen LogP contribution in [0, 0.1) is 0 Å². The Morgan fingerprint density at radius 1 is 1.24 bits per heavy atom. The van der Waals surface area contributed by atoms with Crippen molar-refractivity contribution < 1.29 is 22.3 Å². The first-order valence-electron chi connectivity index (χ1n) is 4.54. The molecule has 98 valence electrons. The molecule has 1 aromatic carbocycles. The number of ether oxygens (including phenoxy) is 1. The van der Waals surface area contributed by atoms with E-state index in [9.17, 15) is 17.6 Å². The fourth-order valence-corrected chi connectivity index (χ4v) is 1.14. The van der Waals surface area contributed by atoms with Crippen molar-refractivity contribution in [3.63, 3.8) is 0 Å². The lowest BCUT2D eigenvalue weighted by Gasteiger charge is -2.20. The summed E-state index contributed by atoms with van der Waals surface area (Å²) in [6, 6.07) is 5.01. The highest BCUT2D eigenvalue weighted by molar-refractivity contribution is 5.85. The molecule has 0 bridgehead atoms. The highest BCUT2D eigenvalue weighted by Crippen LogP contribution is 2.31. The number of para-hydroxylation sites is 1. The molecule has 0 aliphatic heterocycles. The van der Waals surface area contributed by atoms with Gasteiger partial charge in [-0.3, -0.25) is 0 Å². The number of hydrogen-bond donors (Lipinski definition) is 1. The van der Waals surface area contributed by atoms with E-state index < -0.39 is 18.6 Å². The first kappa shape index (κ1) is 16.0. The number of alkyl halides is 4. The molecule has 0 spiro atoms. The second-order valence-electron chi connectivity index (χ2n) is 3.29. The van der Waals surface area contributed by atoms with Gasteiger partial charge in [-0.1, -0.05) is 18.2 Å². The summed E-state index contributed by atoms with van der Waals surface area (Å²) in [5, 5.41) is 0. The van der Waals surface area contributed by atoms with Crippen LogP contribution in [0.4, 0.5) is 17.6 Å². The van der Waals surface area contributed by atoms with Crippen LogP contribution in [-0.2, 0) is 0 Å². The van der Waals surface area contributed by atoms with Gasteiger partial charge in [0.1, 0.15) is 5.75 Å². The molecule has 1 rings (SSSR count). The lowest BCUT2D eigenvalue weighted by Crippen LogP contribution is -2.34. The third-order valence-electron chi connectivity index (χ3n) is 1.91. The van der Waals surface area contributed by atoms with Crippen molar-refractivity contribution in [2.45, 2.75) is 25.5 Å². The van der Waals surface area contributed by atoms with Crippen LogP contribution in [0.15, 0.2) is 24.3 Å². The Morgan fingerprint density at radius 2 is 1.76 bits per heavy atom. The van der Waals surface area contributed by atoms with E-state index in [0.29, 0.717) is 0 Å². The van der Waals surface area contributed by atoms with E-state index in [2.05, 4.69) is 4.74 Å². The summed E-state index contributed by atoms with van der Waals surface area (Å²) < 4.78 is 53.2. The number of nitrogens with two attached hydrogens (primary N) is 1. The van der Waals surface area contributed by atoms with Gasteiger partial charge in [0, 0.05) is 11.6 Å². The first-order valence-corrected chi connectivity index (χ1v) is 4.54. The lowest BCUT2D eigenvalue weighted by molar-refractivity contribution is -0.253. The summed E-state index contributed by atoms with van der Waals surface area (Å²) in [6.45, 7) is 1.54. The maximum atomic E-state index is 12.7. The predicted octanol–water partition coefficient (Wildman–Crippen LogP) is 3.36. The molecule has 7 heteroatoms. The molecule has 0 unspecified atom stereocenters. The fraction of sp³-hybridized carbons (Fsp3) is 0.400. The summed E-state index contributed by atoms with van der Waals surface area (Å²) in [7, 11) is 0. The molecule has 0 heterocycles. The number of hydrogen-bond acceptors (Lipinski definition) is 2. The Kier molecular flexibility index (Phi) is 5.71. The van der Waals surface area contributed by atoms with Gasteiger partial charge in [0.15, 0.2) is 0 Å². The van der Waals surface area contributed by atoms with Crippen molar-refractivity contribution in [1.29, 1.82) is 0 Å². The maximum absolute atomic E-state index is 12.7. The molecule has 0 aliphatic rings. The van der Waals surface area contributed by atoms with Crippen LogP contribution < -0.4 is 10.5 Å². The van der Waals surface area contributed by atoms with E-state index in [1.165, 1.54) is 18.2 Å². The van der Waals surface area contributed by atoms with Crippen molar-refractivity contribution in [1.82, 2.24) is 0 Å². The number of rotatable bonds is 4. The zero-order chi connectivity index (χ0) is 12.3. The molecular weight excluding hydrogens is 262 g/mol. The fourth-order valence-electron chi connectivity index (χ4n) is 1.14. The van der Waals surface area contributed by atoms with Gasteiger partial charge in [-0.15, -0.1) is 12.4 Å². The quantitative estimate of drug-likeness (QED) is 0.854. The molecule has 17 heavy (non-hydrogen) atoms. The molecule has 1 aromatic rings. The van der Waals surface area contributed by atoms with Crippen molar-refractivity contribution >= 4 is 12.4 Å². The molecule has 0 aromatic heterocycles. The van der Waals surface area contributed by atoms with Gasteiger partial charge >= 0.3 is 12.5 Å². The average molecular weight is 274 g/mol. The Bertz CT molecular complexity index is 360. The van der Waals surface area contributed by atoms with Crippen LogP contribution in [-0.4, -0.2) is 12.5 Å². The van der Waals surface area contributed by atoms with Crippen LogP contribution in [0.5, 0.6) is 5.75 Å². The minimum absolute atomic E-state index is 0. The zero-order valence-electron chi connectivity index (χ0n) is 8.87. The van der Waals surface area contributed by atoms with Crippen LogP contribution in [0.3, 0.4) is 0 Å². The van der Waals surface area contributed by atoms with Crippen LogP contribution >= 0.6 is 12.4 Å². The molecular formula is C10H12ClF4NO. The normalized spacial score (nSPS) is 13.1. The summed E-state index contributed by atoms with van der Waals surface area (Å²) in [5.41, 5.74) is 5.75. The van der Waals surface area contributed by atoms with E-state index in [1.807, 2.05) is 0 Å². The van der Waals surface area contributed by atoms with Gasteiger partial charge in [0.2, 0.25) is 0 Å². The largest absolute Gasteiger partial charge is 0.461 e. The van der Waals surface area contributed by atoms with Crippen LogP contribution in [0.25, 0.3) is 0 Å². The summed E-state index contributed by atoms with van der Waals surface area (Å²) in [4.78, 5) is 0. The second kappa shape index (κ2) is 6.07. The molecule has 2 nitrogen and oxygen atoms in total. The third kappa shape index (κ3) is 4.05. The topological polar surface area (TPSA) is 35.2 Å². The van der Waals surface area contributed by atoms with Crippen molar-refractivity contribution in [3.05, 3.63) is 29.8 Å². The summed E-state index contributed by atoms with van der Waals surface area (Å²) >= 11 is 0. The highest BCUT2D eigenvalue weighted by Gasteiger charge is 2.44. The Labute approximate surface area is 102 Å². The molecule has 0 fully saturated rings.